The fourth-order valence-electron chi connectivity index (χ4n) is 3.89. The maximum absolute atomic E-state index is 12.6. The van der Waals surface area contributed by atoms with Crippen LogP contribution in [0.1, 0.15) is 22.5 Å². The minimum absolute atomic E-state index is 0.215. The van der Waals surface area contributed by atoms with E-state index in [1.807, 2.05) is 31.3 Å². The highest BCUT2D eigenvalue weighted by atomic mass is 16.5. The van der Waals surface area contributed by atoms with Crippen LogP contribution in [0.4, 0.5) is 5.82 Å². The van der Waals surface area contributed by atoms with Gasteiger partial charge in [0.05, 0.1) is 18.6 Å². The maximum atomic E-state index is 12.6. The smallest absolute Gasteiger partial charge is 0.274 e. The molecule has 0 radical (unpaired) electrons. The van der Waals surface area contributed by atoms with Gasteiger partial charge < -0.3 is 14.1 Å². The van der Waals surface area contributed by atoms with Gasteiger partial charge in [0.15, 0.2) is 11.5 Å². The van der Waals surface area contributed by atoms with Crippen LogP contribution < -0.4 is 10.5 Å². The lowest BCUT2D eigenvalue weighted by Gasteiger charge is -2.30. The molecule has 0 aromatic carbocycles. The third kappa shape index (κ3) is 3.25. The van der Waals surface area contributed by atoms with Crippen LogP contribution in [0.5, 0.6) is 0 Å². The zero-order valence-electron chi connectivity index (χ0n) is 16.8. The molecule has 0 bridgehead atoms. The van der Waals surface area contributed by atoms with Crippen LogP contribution in [0.25, 0.3) is 17.0 Å². The van der Waals surface area contributed by atoms with Gasteiger partial charge in [0.2, 0.25) is 0 Å². The van der Waals surface area contributed by atoms with Crippen LogP contribution in [0.3, 0.4) is 0 Å². The number of hydrogen-bond donors (Lipinski definition) is 0. The SMILES string of the molecule is COCc1cc(=O)n2nc(N3CCc4ncc(-c5ccco5)cc4C3)c(C)cc2n1. The van der Waals surface area contributed by atoms with Gasteiger partial charge in [-0.2, -0.15) is 4.52 Å². The van der Waals surface area contributed by atoms with Crippen molar-refractivity contribution >= 4 is 11.5 Å². The molecule has 5 rings (SSSR count). The fourth-order valence-corrected chi connectivity index (χ4v) is 3.89. The van der Waals surface area contributed by atoms with Crippen molar-refractivity contribution in [2.75, 3.05) is 18.6 Å². The third-order valence-electron chi connectivity index (χ3n) is 5.30. The number of methoxy groups -OCH3 is 1. The van der Waals surface area contributed by atoms with E-state index in [4.69, 9.17) is 9.15 Å². The van der Waals surface area contributed by atoms with Gasteiger partial charge in [0, 0.05) is 50.1 Å². The third-order valence-corrected chi connectivity index (χ3v) is 5.30. The second-order valence-electron chi connectivity index (χ2n) is 7.42. The standard InChI is InChI=1S/C22H21N5O3/c1-14-8-20-24-17(13-29-2)10-21(28)27(20)25-22(14)26-6-5-18-16(12-26)9-15(11-23-18)19-4-3-7-30-19/h3-4,7-11H,5-6,12-13H2,1-2H3. The number of hydrogen-bond acceptors (Lipinski definition) is 7. The monoisotopic (exact) mass is 403 g/mol. The van der Waals surface area contributed by atoms with Gasteiger partial charge in [0.1, 0.15) is 5.76 Å². The van der Waals surface area contributed by atoms with Crippen molar-refractivity contribution in [3.05, 3.63) is 75.7 Å². The van der Waals surface area contributed by atoms with Gasteiger partial charge in [-0.05, 0) is 42.3 Å². The first-order valence-corrected chi connectivity index (χ1v) is 9.78. The van der Waals surface area contributed by atoms with E-state index >= 15 is 0 Å². The zero-order valence-corrected chi connectivity index (χ0v) is 16.8. The van der Waals surface area contributed by atoms with E-state index in [1.165, 1.54) is 10.6 Å². The van der Waals surface area contributed by atoms with Crippen molar-refractivity contribution in [3.8, 4) is 11.3 Å². The van der Waals surface area contributed by atoms with Gasteiger partial charge in [0.25, 0.3) is 5.56 Å². The van der Waals surface area contributed by atoms with Gasteiger partial charge in [-0.3, -0.25) is 9.78 Å². The number of aromatic nitrogens is 4. The zero-order chi connectivity index (χ0) is 20.7. The van der Waals surface area contributed by atoms with Gasteiger partial charge >= 0.3 is 0 Å². The molecule has 0 atom stereocenters. The fraction of sp³-hybridized carbons (Fsp3) is 0.273. The first kappa shape index (κ1) is 18.5. The van der Waals surface area contributed by atoms with Crippen molar-refractivity contribution in [1.29, 1.82) is 0 Å². The van der Waals surface area contributed by atoms with Crippen molar-refractivity contribution in [2.24, 2.45) is 0 Å². The maximum Gasteiger partial charge on any atom is 0.274 e. The summed E-state index contributed by atoms with van der Waals surface area (Å²) >= 11 is 0. The van der Waals surface area contributed by atoms with Crippen molar-refractivity contribution < 1.29 is 9.15 Å². The van der Waals surface area contributed by atoms with E-state index in [0.717, 1.165) is 46.9 Å². The van der Waals surface area contributed by atoms with Crippen molar-refractivity contribution in [2.45, 2.75) is 26.5 Å². The Balaban J connectivity index is 1.51. The number of furan rings is 1. The highest BCUT2D eigenvalue weighted by Gasteiger charge is 2.22. The molecule has 0 saturated heterocycles. The molecule has 8 nitrogen and oxygen atoms in total. The number of pyridine rings is 1. The largest absolute Gasteiger partial charge is 0.464 e. The van der Waals surface area contributed by atoms with E-state index in [9.17, 15) is 4.79 Å². The summed E-state index contributed by atoms with van der Waals surface area (Å²) in [6, 6.07) is 9.28. The lowest BCUT2D eigenvalue weighted by atomic mass is 10.0. The molecule has 0 N–H and O–H groups in total. The molecule has 5 heterocycles. The van der Waals surface area contributed by atoms with Crippen LogP contribution in [-0.4, -0.2) is 33.2 Å². The number of rotatable bonds is 4. The molecule has 4 aromatic rings. The number of aryl methyl sites for hydroxylation is 1. The molecule has 4 aromatic heterocycles. The summed E-state index contributed by atoms with van der Waals surface area (Å²) in [6.45, 7) is 3.73. The molecule has 0 aliphatic carbocycles. The molecule has 0 unspecified atom stereocenters. The molecule has 30 heavy (non-hydrogen) atoms. The first-order valence-electron chi connectivity index (χ1n) is 9.78. The van der Waals surface area contributed by atoms with Crippen LogP contribution in [0.2, 0.25) is 0 Å². The first-order chi connectivity index (χ1) is 14.6. The molecule has 1 aliphatic heterocycles. The minimum Gasteiger partial charge on any atom is -0.464 e. The van der Waals surface area contributed by atoms with Gasteiger partial charge in [-0.1, -0.05) is 0 Å². The van der Waals surface area contributed by atoms with Crippen molar-refractivity contribution in [3.63, 3.8) is 0 Å². The summed E-state index contributed by atoms with van der Waals surface area (Å²) in [5.74, 6) is 1.58. The Hall–Kier alpha value is -3.52. The Morgan fingerprint density at radius 1 is 1.27 bits per heavy atom. The Bertz CT molecular complexity index is 1280. The van der Waals surface area contributed by atoms with E-state index in [0.29, 0.717) is 24.5 Å². The summed E-state index contributed by atoms with van der Waals surface area (Å²) in [5, 5.41) is 4.63. The van der Waals surface area contributed by atoms with Crippen LogP contribution >= 0.6 is 0 Å². The topological polar surface area (TPSA) is 85.8 Å². The summed E-state index contributed by atoms with van der Waals surface area (Å²) in [4.78, 5) is 23.9. The molecule has 0 amide bonds. The second kappa shape index (κ2) is 7.38. The van der Waals surface area contributed by atoms with E-state index in [1.54, 1.807) is 13.4 Å². The lowest BCUT2D eigenvalue weighted by molar-refractivity contribution is 0.181. The lowest BCUT2D eigenvalue weighted by Crippen LogP contribution is -2.33. The Morgan fingerprint density at radius 2 is 2.17 bits per heavy atom. The normalized spacial score (nSPS) is 13.6. The Labute approximate surface area is 172 Å². The number of nitrogens with zero attached hydrogens (tertiary/aromatic N) is 5. The molecule has 152 valence electrons. The minimum atomic E-state index is -0.215. The van der Waals surface area contributed by atoms with Crippen LogP contribution in [0, 0.1) is 6.92 Å². The van der Waals surface area contributed by atoms with E-state index < -0.39 is 0 Å². The average molecular weight is 403 g/mol. The Kier molecular flexibility index (Phi) is 4.55. The van der Waals surface area contributed by atoms with E-state index in [2.05, 4.69) is 26.0 Å². The second-order valence-corrected chi connectivity index (χ2v) is 7.42. The molecular weight excluding hydrogens is 382 g/mol. The molecular formula is C22H21N5O3. The summed E-state index contributed by atoms with van der Waals surface area (Å²) in [7, 11) is 1.58. The summed E-state index contributed by atoms with van der Waals surface area (Å²) in [6.07, 6.45) is 4.33. The highest BCUT2D eigenvalue weighted by Crippen LogP contribution is 2.28. The molecule has 0 saturated carbocycles. The number of fused-ring (bicyclic) bond motifs is 2. The Morgan fingerprint density at radius 3 is 2.97 bits per heavy atom. The molecule has 8 heteroatoms. The molecule has 0 spiro atoms. The highest BCUT2D eigenvalue weighted by molar-refractivity contribution is 5.59. The molecule has 0 fully saturated rings. The number of anilines is 1. The predicted octanol–water partition coefficient (Wildman–Crippen LogP) is 2.76. The predicted molar refractivity (Wildman–Crippen MR) is 111 cm³/mol. The van der Waals surface area contributed by atoms with E-state index in [-0.39, 0.29) is 5.56 Å². The molecule has 1 aliphatic rings. The quantitative estimate of drug-likeness (QED) is 0.518. The average Bonchev–Trinajstić information content (AvgIpc) is 3.28. The van der Waals surface area contributed by atoms with Gasteiger partial charge in [-0.25, -0.2) is 4.98 Å². The van der Waals surface area contributed by atoms with Gasteiger partial charge in [-0.15, -0.1) is 5.10 Å². The van der Waals surface area contributed by atoms with Crippen molar-refractivity contribution in [1.82, 2.24) is 19.6 Å². The van der Waals surface area contributed by atoms with Crippen LogP contribution in [0.15, 0.2) is 52.0 Å². The summed E-state index contributed by atoms with van der Waals surface area (Å²) < 4.78 is 12.0. The van der Waals surface area contributed by atoms with Crippen LogP contribution in [-0.2, 0) is 24.3 Å². The number of ether oxygens (including phenoxy) is 1. The summed E-state index contributed by atoms with van der Waals surface area (Å²) in [5.41, 5.74) is 5.05.